The Morgan fingerprint density at radius 1 is 0.773 bits per heavy atom. The van der Waals surface area contributed by atoms with Crippen LogP contribution in [0.5, 0.6) is 5.75 Å². The number of hydrogen-bond donors (Lipinski definition) is 0. The molecule has 3 atom stereocenters. The third-order valence-electron chi connectivity index (χ3n) is 9.67. The zero-order valence-corrected chi connectivity index (χ0v) is 24.5. The van der Waals surface area contributed by atoms with Crippen molar-refractivity contribution in [3.8, 4) is 5.75 Å². The van der Waals surface area contributed by atoms with Crippen LogP contribution < -0.4 is 14.5 Å². The quantitative estimate of drug-likeness (QED) is 0.162. The summed E-state index contributed by atoms with van der Waals surface area (Å²) in [6, 6.07) is 28.2. The summed E-state index contributed by atoms with van der Waals surface area (Å²) < 4.78 is 5.70. The van der Waals surface area contributed by atoms with Gasteiger partial charge in [0.25, 0.3) is 0 Å². The summed E-state index contributed by atoms with van der Waals surface area (Å²) >= 11 is 5.97. The van der Waals surface area contributed by atoms with Crippen LogP contribution in [-0.4, -0.2) is 30.2 Å². The molecule has 4 aromatic carbocycles. The Balaban J connectivity index is 1.04. The van der Waals surface area contributed by atoms with E-state index in [-0.39, 0.29) is 42.5 Å². The highest BCUT2D eigenvalue weighted by Gasteiger charge is 2.61. The summed E-state index contributed by atoms with van der Waals surface area (Å²) in [7, 11) is 0. The monoisotopic (exact) mass is 602 g/mol. The molecule has 44 heavy (non-hydrogen) atoms. The predicted molar refractivity (Wildman–Crippen MR) is 165 cm³/mol. The van der Waals surface area contributed by atoms with Crippen molar-refractivity contribution in [3.05, 3.63) is 124 Å². The number of nitrogens with zero attached hydrogens (tertiary/aromatic N) is 2. The van der Waals surface area contributed by atoms with E-state index in [2.05, 4.69) is 24.3 Å². The molecule has 0 aromatic heterocycles. The van der Waals surface area contributed by atoms with E-state index < -0.39 is 23.7 Å². The maximum absolute atomic E-state index is 14.1. The fraction of sp³-hybridized carbons (Fsp3) is 0.222. The van der Waals surface area contributed by atoms with Crippen molar-refractivity contribution in [2.75, 3.05) is 16.3 Å². The minimum absolute atomic E-state index is 0.0468. The molecule has 0 saturated carbocycles. The first-order chi connectivity index (χ1) is 21.3. The first kappa shape index (κ1) is 26.8. The third kappa shape index (κ3) is 3.88. The Bertz CT molecular complexity index is 1790. The normalized spacial score (nSPS) is 24.8. The number of amides is 3. The molecule has 0 radical (unpaired) electrons. The number of rotatable bonds is 4. The van der Waals surface area contributed by atoms with Crippen LogP contribution >= 0.6 is 11.6 Å². The van der Waals surface area contributed by atoms with Crippen molar-refractivity contribution < 1.29 is 23.9 Å². The number of imide groups is 1. The largest absolute Gasteiger partial charge is 0.426 e. The molecule has 9 rings (SSSR count). The number of halogens is 1. The zero-order chi connectivity index (χ0) is 30.3. The molecular weight excluding hydrogens is 576 g/mol. The van der Waals surface area contributed by atoms with E-state index in [0.29, 0.717) is 27.7 Å². The van der Waals surface area contributed by atoms with Gasteiger partial charge in [-0.1, -0.05) is 60.1 Å². The number of esters is 1. The summed E-state index contributed by atoms with van der Waals surface area (Å²) in [6.45, 7) is 2.01. The molecule has 3 amide bonds. The van der Waals surface area contributed by atoms with Crippen molar-refractivity contribution in [2.24, 2.45) is 17.8 Å². The van der Waals surface area contributed by atoms with Gasteiger partial charge in [-0.25, -0.2) is 4.90 Å². The van der Waals surface area contributed by atoms with Crippen LogP contribution in [0.3, 0.4) is 0 Å². The molecule has 8 heteroatoms. The van der Waals surface area contributed by atoms with Gasteiger partial charge in [-0.15, -0.1) is 0 Å². The van der Waals surface area contributed by atoms with Crippen molar-refractivity contribution >= 4 is 46.7 Å². The molecule has 2 aliphatic heterocycles. The lowest BCUT2D eigenvalue weighted by atomic mass is 9.55. The van der Waals surface area contributed by atoms with Crippen molar-refractivity contribution in [1.29, 1.82) is 0 Å². The molecule has 2 fully saturated rings. The molecule has 0 unspecified atom stereocenters. The lowest BCUT2D eigenvalue weighted by Gasteiger charge is -2.45. The number of hydrogen-bond acceptors (Lipinski definition) is 5. The number of carbonyl (C=O) groups is 4. The second-order valence-corrected chi connectivity index (χ2v) is 12.5. The van der Waals surface area contributed by atoms with Crippen molar-refractivity contribution in [1.82, 2.24) is 0 Å². The van der Waals surface area contributed by atoms with Gasteiger partial charge in [-0.2, -0.15) is 0 Å². The highest BCUT2D eigenvalue weighted by atomic mass is 35.5. The van der Waals surface area contributed by atoms with E-state index in [1.807, 2.05) is 24.3 Å². The fourth-order valence-electron chi connectivity index (χ4n) is 7.79. The second kappa shape index (κ2) is 9.89. The minimum Gasteiger partial charge on any atom is -0.426 e. The van der Waals surface area contributed by atoms with Crippen LogP contribution in [0.4, 0.5) is 11.4 Å². The van der Waals surface area contributed by atoms with Crippen molar-refractivity contribution in [3.63, 3.8) is 0 Å². The van der Waals surface area contributed by atoms with Crippen LogP contribution in [0.25, 0.3) is 0 Å². The predicted octanol–water partition coefficient (Wildman–Crippen LogP) is 6.00. The van der Waals surface area contributed by atoms with E-state index in [1.165, 1.54) is 4.90 Å². The van der Waals surface area contributed by atoms with Gasteiger partial charge in [0, 0.05) is 35.5 Å². The molecule has 5 aliphatic rings. The Hall–Kier alpha value is -4.75. The Labute approximate surface area is 259 Å². The molecule has 7 nitrogen and oxygen atoms in total. The van der Waals surface area contributed by atoms with Gasteiger partial charge in [0.15, 0.2) is 0 Å². The maximum Gasteiger partial charge on any atom is 0.316 e. The zero-order valence-electron chi connectivity index (χ0n) is 23.8. The lowest BCUT2D eigenvalue weighted by Crippen LogP contribution is -2.41. The molecule has 0 spiro atoms. The Morgan fingerprint density at radius 2 is 1.32 bits per heavy atom. The highest BCUT2D eigenvalue weighted by Crippen LogP contribution is 2.61. The fourth-order valence-corrected chi connectivity index (χ4v) is 7.92. The summed E-state index contributed by atoms with van der Waals surface area (Å²) in [5, 5.41) is 0.564. The van der Waals surface area contributed by atoms with Gasteiger partial charge in [0.2, 0.25) is 17.7 Å². The molecular formula is C36H27ClN2O5. The summed E-state index contributed by atoms with van der Waals surface area (Å²) in [5.41, 5.74) is 6.31. The first-order valence-electron chi connectivity index (χ1n) is 14.8. The Morgan fingerprint density at radius 3 is 1.84 bits per heavy atom. The van der Waals surface area contributed by atoms with E-state index in [0.717, 1.165) is 22.3 Å². The van der Waals surface area contributed by atoms with Crippen LogP contribution in [-0.2, 0) is 19.2 Å². The van der Waals surface area contributed by atoms with Crippen LogP contribution in [0, 0.1) is 24.7 Å². The number of aryl methyl sites for hydroxylation is 1. The Kier molecular flexibility index (Phi) is 6.04. The molecule has 2 bridgehead atoms. The van der Waals surface area contributed by atoms with Gasteiger partial charge in [-0.3, -0.25) is 19.2 Å². The topological polar surface area (TPSA) is 84.0 Å². The van der Waals surface area contributed by atoms with Gasteiger partial charge < -0.3 is 9.64 Å². The van der Waals surface area contributed by atoms with E-state index in [9.17, 15) is 19.2 Å². The highest BCUT2D eigenvalue weighted by molar-refractivity contribution is 6.30. The SMILES string of the molecule is Cc1cc(OC(=O)[C@@H]2CC(=O)N(c3ccc(Cl)cc3)C2)ccc1N1C(=O)[C@H]2C3c4ccccc4C(c4ccccc43)[C@@H]2C1=O. The number of carbonyl (C=O) groups excluding carboxylic acids is 4. The third-order valence-corrected chi connectivity index (χ3v) is 9.92. The molecule has 2 heterocycles. The molecule has 2 saturated heterocycles. The summed E-state index contributed by atoms with van der Waals surface area (Å²) in [5.74, 6) is -2.69. The van der Waals surface area contributed by atoms with Crippen LogP contribution in [0.15, 0.2) is 91.0 Å². The molecule has 0 N–H and O–H groups in total. The smallest absolute Gasteiger partial charge is 0.316 e. The second-order valence-electron chi connectivity index (χ2n) is 12.0. The van der Waals surface area contributed by atoms with E-state index in [1.54, 1.807) is 54.3 Å². The number of ether oxygens (including phenoxy) is 1. The van der Waals surface area contributed by atoms with Gasteiger partial charge in [0.1, 0.15) is 5.75 Å². The number of benzene rings is 4. The standard InChI is InChI=1S/C36H27ClN2O5/c1-19-16-23(44-36(43)20-17-29(40)38(18-20)22-12-10-21(37)11-13-22)14-15-28(19)39-34(41)32-30-24-6-2-3-7-25(24)31(33(32)35(39)42)27-9-5-4-8-26(27)30/h2-16,20,30-33H,17-18H2,1H3/t20-,30?,31?,32+,33+/m1/s1. The average Bonchev–Trinajstić information content (AvgIpc) is 3.55. The minimum atomic E-state index is -0.623. The van der Waals surface area contributed by atoms with Crippen LogP contribution in [0.1, 0.15) is 46.1 Å². The maximum atomic E-state index is 14.1. The van der Waals surface area contributed by atoms with Crippen molar-refractivity contribution in [2.45, 2.75) is 25.2 Å². The van der Waals surface area contributed by atoms with Gasteiger partial charge in [-0.05, 0) is 77.2 Å². The molecule has 3 aliphatic carbocycles. The van der Waals surface area contributed by atoms with Gasteiger partial charge in [0.05, 0.1) is 23.4 Å². The molecule has 218 valence electrons. The number of anilines is 2. The average molecular weight is 603 g/mol. The summed E-state index contributed by atoms with van der Waals surface area (Å²) in [4.78, 5) is 56.9. The summed E-state index contributed by atoms with van der Waals surface area (Å²) in [6.07, 6.45) is 0.0468. The molecule has 4 aromatic rings. The van der Waals surface area contributed by atoms with E-state index in [4.69, 9.17) is 16.3 Å². The van der Waals surface area contributed by atoms with Crippen LogP contribution in [0.2, 0.25) is 5.02 Å². The first-order valence-corrected chi connectivity index (χ1v) is 15.1. The van der Waals surface area contributed by atoms with E-state index >= 15 is 0 Å². The lowest BCUT2D eigenvalue weighted by molar-refractivity contribution is -0.139. The van der Waals surface area contributed by atoms with Gasteiger partial charge >= 0.3 is 5.97 Å².